The molecular formula is C17H23ClN2O2. The van der Waals surface area contributed by atoms with Crippen molar-refractivity contribution in [3.05, 3.63) is 29.3 Å². The van der Waals surface area contributed by atoms with Crippen LogP contribution >= 0.6 is 11.6 Å². The number of rotatable bonds is 2. The van der Waals surface area contributed by atoms with Gasteiger partial charge in [0.05, 0.1) is 5.60 Å². The first kappa shape index (κ1) is 15.6. The summed E-state index contributed by atoms with van der Waals surface area (Å²) in [7, 11) is 0. The standard InChI is InChI=1S/C17H23ClN2O2/c1-2-17(22)8-4-5-12-10-20(11-15(12)17)16(21)19-14-7-3-6-13(18)9-14/h3,6-7,9,12,15,22H,2,4-5,8,10-11H2,1H3,(H,19,21)/t12-,15+,17-/m1/s1. The molecule has 2 fully saturated rings. The maximum absolute atomic E-state index is 12.5. The molecule has 5 heteroatoms. The van der Waals surface area contributed by atoms with Gasteiger partial charge in [0.15, 0.2) is 0 Å². The number of anilines is 1. The number of carbonyl (C=O) groups is 1. The summed E-state index contributed by atoms with van der Waals surface area (Å²) in [5.41, 5.74) is 0.103. The minimum Gasteiger partial charge on any atom is -0.390 e. The third-order valence-electron chi connectivity index (χ3n) is 5.29. The van der Waals surface area contributed by atoms with Gasteiger partial charge >= 0.3 is 6.03 Å². The van der Waals surface area contributed by atoms with Crippen LogP contribution in [0.2, 0.25) is 5.02 Å². The smallest absolute Gasteiger partial charge is 0.321 e. The van der Waals surface area contributed by atoms with E-state index in [0.29, 0.717) is 23.2 Å². The molecule has 0 spiro atoms. The van der Waals surface area contributed by atoms with Gasteiger partial charge in [-0.25, -0.2) is 4.79 Å². The van der Waals surface area contributed by atoms with Crippen molar-refractivity contribution in [2.24, 2.45) is 11.8 Å². The van der Waals surface area contributed by atoms with Crippen molar-refractivity contribution in [1.29, 1.82) is 0 Å². The molecule has 2 aliphatic rings. The van der Waals surface area contributed by atoms with Gasteiger partial charge in [0, 0.05) is 29.7 Å². The summed E-state index contributed by atoms with van der Waals surface area (Å²) in [6, 6.07) is 7.07. The fraction of sp³-hybridized carbons (Fsp3) is 0.588. The van der Waals surface area contributed by atoms with E-state index in [-0.39, 0.29) is 11.9 Å². The van der Waals surface area contributed by atoms with Crippen LogP contribution in [0.3, 0.4) is 0 Å². The molecule has 1 aromatic carbocycles. The van der Waals surface area contributed by atoms with E-state index >= 15 is 0 Å². The molecule has 0 aromatic heterocycles. The number of amides is 2. The quantitative estimate of drug-likeness (QED) is 0.871. The van der Waals surface area contributed by atoms with Crippen molar-refractivity contribution in [2.75, 3.05) is 18.4 Å². The van der Waals surface area contributed by atoms with Crippen LogP contribution in [-0.4, -0.2) is 34.7 Å². The minimum absolute atomic E-state index is 0.102. The van der Waals surface area contributed by atoms with Gasteiger partial charge in [-0.2, -0.15) is 0 Å². The molecule has 3 rings (SSSR count). The summed E-state index contributed by atoms with van der Waals surface area (Å²) in [5, 5.41) is 14.3. The number of hydrogen-bond donors (Lipinski definition) is 2. The van der Waals surface area contributed by atoms with Crippen LogP contribution in [0.15, 0.2) is 24.3 Å². The Kier molecular flexibility index (Phi) is 4.33. The fourth-order valence-electron chi connectivity index (χ4n) is 4.00. The largest absolute Gasteiger partial charge is 0.390 e. The first-order valence-corrected chi connectivity index (χ1v) is 8.43. The predicted octanol–water partition coefficient (Wildman–Crippen LogP) is 3.74. The lowest BCUT2D eigenvalue weighted by Gasteiger charge is -2.40. The molecule has 22 heavy (non-hydrogen) atoms. The summed E-state index contributed by atoms with van der Waals surface area (Å²) < 4.78 is 0. The molecule has 3 atom stereocenters. The third kappa shape index (κ3) is 2.95. The van der Waals surface area contributed by atoms with Crippen LogP contribution in [0.1, 0.15) is 32.6 Å². The highest BCUT2D eigenvalue weighted by atomic mass is 35.5. The van der Waals surface area contributed by atoms with Gasteiger partial charge in [0.25, 0.3) is 0 Å². The van der Waals surface area contributed by atoms with Crippen molar-refractivity contribution < 1.29 is 9.90 Å². The topological polar surface area (TPSA) is 52.6 Å². The van der Waals surface area contributed by atoms with Crippen molar-refractivity contribution in [1.82, 2.24) is 4.90 Å². The number of nitrogens with one attached hydrogen (secondary N) is 1. The van der Waals surface area contributed by atoms with Gasteiger partial charge in [-0.3, -0.25) is 0 Å². The van der Waals surface area contributed by atoms with Crippen LogP contribution in [0.5, 0.6) is 0 Å². The molecule has 0 radical (unpaired) electrons. The molecule has 120 valence electrons. The van der Waals surface area contributed by atoms with E-state index in [4.69, 9.17) is 11.6 Å². The van der Waals surface area contributed by atoms with Gasteiger partial charge in [-0.15, -0.1) is 0 Å². The fourth-order valence-corrected chi connectivity index (χ4v) is 4.19. The molecule has 2 N–H and O–H groups in total. The maximum atomic E-state index is 12.5. The highest BCUT2D eigenvalue weighted by Gasteiger charge is 2.48. The Labute approximate surface area is 136 Å². The Hall–Kier alpha value is -1.26. The van der Waals surface area contributed by atoms with Gasteiger partial charge in [-0.05, 0) is 43.4 Å². The molecule has 1 aromatic rings. The van der Waals surface area contributed by atoms with Gasteiger partial charge in [0.1, 0.15) is 0 Å². The first-order valence-electron chi connectivity index (χ1n) is 8.06. The van der Waals surface area contributed by atoms with Crippen LogP contribution in [-0.2, 0) is 0 Å². The highest BCUT2D eigenvalue weighted by Crippen LogP contribution is 2.44. The van der Waals surface area contributed by atoms with E-state index in [1.165, 1.54) is 0 Å². The average Bonchev–Trinajstić information content (AvgIpc) is 2.93. The molecule has 0 bridgehead atoms. The number of aliphatic hydroxyl groups is 1. The Balaban J connectivity index is 1.68. The predicted molar refractivity (Wildman–Crippen MR) is 88.1 cm³/mol. The second-order valence-electron chi connectivity index (χ2n) is 6.56. The monoisotopic (exact) mass is 322 g/mol. The van der Waals surface area contributed by atoms with Crippen molar-refractivity contribution >= 4 is 23.3 Å². The van der Waals surface area contributed by atoms with Crippen molar-refractivity contribution in [3.63, 3.8) is 0 Å². The number of likely N-dealkylation sites (tertiary alicyclic amines) is 1. The summed E-state index contributed by atoms with van der Waals surface area (Å²) >= 11 is 5.95. The van der Waals surface area contributed by atoms with Gasteiger partial charge in [-0.1, -0.05) is 31.0 Å². The van der Waals surface area contributed by atoms with E-state index in [1.54, 1.807) is 12.1 Å². The van der Waals surface area contributed by atoms with Crippen molar-refractivity contribution in [2.45, 2.75) is 38.2 Å². The zero-order chi connectivity index (χ0) is 15.7. The van der Waals surface area contributed by atoms with Crippen LogP contribution < -0.4 is 5.32 Å². The zero-order valence-corrected chi connectivity index (χ0v) is 13.6. The highest BCUT2D eigenvalue weighted by molar-refractivity contribution is 6.30. The molecule has 1 heterocycles. The summed E-state index contributed by atoms with van der Waals surface area (Å²) in [5.74, 6) is 0.625. The average molecular weight is 323 g/mol. The lowest BCUT2D eigenvalue weighted by molar-refractivity contribution is -0.0607. The Morgan fingerprint density at radius 2 is 2.32 bits per heavy atom. The minimum atomic E-state index is -0.603. The van der Waals surface area contributed by atoms with E-state index in [2.05, 4.69) is 5.32 Å². The van der Waals surface area contributed by atoms with E-state index in [9.17, 15) is 9.90 Å². The lowest BCUT2D eigenvalue weighted by Crippen LogP contribution is -2.44. The number of hydrogen-bond acceptors (Lipinski definition) is 2. The summed E-state index contributed by atoms with van der Waals surface area (Å²) in [6.45, 7) is 3.41. The van der Waals surface area contributed by atoms with E-state index in [1.807, 2.05) is 24.0 Å². The molecule has 4 nitrogen and oxygen atoms in total. The number of benzene rings is 1. The molecule has 1 aliphatic heterocycles. The number of fused-ring (bicyclic) bond motifs is 1. The molecule has 1 saturated heterocycles. The van der Waals surface area contributed by atoms with E-state index < -0.39 is 5.60 Å². The second-order valence-corrected chi connectivity index (χ2v) is 7.00. The number of urea groups is 1. The van der Waals surface area contributed by atoms with Gasteiger partial charge in [0.2, 0.25) is 0 Å². The number of carbonyl (C=O) groups excluding carboxylic acids is 1. The molecule has 2 amide bonds. The zero-order valence-electron chi connectivity index (χ0n) is 12.9. The van der Waals surface area contributed by atoms with Crippen LogP contribution in [0, 0.1) is 11.8 Å². The third-order valence-corrected chi connectivity index (χ3v) is 5.53. The Bertz CT molecular complexity index is 565. The van der Waals surface area contributed by atoms with Gasteiger partial charge < -0.3 is 15.3 Å². The van der Waals surface area contributed by atoms with Crippen LogP contribution in [0.25, 0.3) is 0 Å². The molecule has 1 aliphatic carbocycles. The molecule has 1 saturated carbocycles. The van der Waals surface area contributed by atoms with E-state index in [0.717, 1.165) is 32.2 Å². The van der Waals surface area contributed by atoms with Crippen molar-refractivity contribution in [3.8, 4) is 0 Å². The van der Waals surface area contributed by atoms with Crippen LogP contribution in [0.4, 0.5) is 10.5 Å². The summed E-state index contributed by atoms with van der Waals surface area (Å²) in [4.78, 5) is 14.3. The molecular weight excluding hydrogens is 300 g/mol. The number of halogens is 1. The SMILES string of the molecule is CC[C@@]1(O)CCC[C@@H]2CN(C(=O)Nc3cccc(Cl)c3)C[C@@H]21. The Morgan fingerprint density at radius 1 is 1.50 bits per heavy atom. The second kappa shape index (κ2) is 6.09. The first-order chi connectivity index (χ1) is 10.5. The number of nitrogens with zero attached hydrogens (tertiary/aromatic N) is 1. The maximum Gasteiger partial charge on any atom is 0.321 e. The summed E-state index contributed by atoms with van der Waals surface area (Å²) in [6.07, 6.45) is 3.77. The lowest BCUT2D eigenvalue weighted by atomic mass is 9.69. The Morgan fingerprint density at radius 3 is 3.05 bits per heavy atom. The molecule has 0 unspecified atom stereocenters. The normalized spacial score (nSPS) is 31.0.